The molecule has 2 N–H and O–H groups in total. The molecule has 288 valence electrons. The lowest BCUT2D eigenvalue weighted by molar-refractivity contribution is -0.0779. The number of hydrogen-bond acceptors (Lipinski definition) is 6. The van der Waals surface area contributed by atoms with Gasteiger partial charge in [0, 0.05) is 29.5 Å². The van der Waals surface area contributed by atoms with Gasteiger partial charge in [-0.15, -0.1) is 0 Å². The molecular formula is C43H61N5O5. The number of nitrogens with zero attached hydrogens (tertiary/aromatic N) is 5. The third-order valence-corrected chi connectivity index (χ3v) is 12.3. The molecule has 2 aromatic carbocycles. The van der Waals surface area contributed by atoms with Crippen LogP contribution in [0.4, 0.5) is 0 Å². The Bertz CT molecular complexity index is 1900. The van der Waals surface area contributed by atoms with Crippen molar-refractivity contribution in [3.63, 3.8) is 0 Å². The van der Waals surface area contributed by atoms with Crippen molar-refractivity contribution in [2.24, 2.45) is 11.8 Å². The summed E-state index contributed by atoms with van der Waals surface area (Å²) in [5, 5.41) is 20.1. The first-order chi connectivity index (χ1) is 25.3. The molecule has 0 unspecified atom stereocenters. The molecule has 3 heterocycles. The number of rotatable bonds is 10. The average molecular weight is 728 g/mol. The second-order valence-electron chi connectivity index (χ2n) is 17.1. The Kier molecular flexibility index (Phi) is 12.0. The molecule has 3 aliphatic rings. The van der Waals surface area contributed by atoms with E-state index in [-0.39, 0.29) is 29.9 Å². The number of fused-ring (bicyclic) bond motifs is 2. The summed E-state index contributed by atoms with van der Waals surface area (Å²) in [6.07, 6.45) is 14.6. The van der Waals surface area contributed by atoms with E-state index in [9.17, 15) is 19.8 Å². The van der Waals surface area contributed by atoms with E-state index in [1.165, 1.54) is 69.3 Å². The molecule has 0 spiro atoms. The van der Waals surface area contributed by atoms with Crippen LogP contribution in [-0.4, -0.2) is 65.5 Å². The van der Waals surface area contributed by atoms with Gasteiger partial charge >= 0.3 is 5.97 Å². The van der Waals surface area contributed by atoms with Crippen LogP contribution in [0.5, 0.6) is 0 Å². The molecule has 10 nitrogen and oxygen atoms in total. The smallest absolute Gasteiger partial charge is 0.335 e. The first-order valence-electron chi connectivity index (χ1n) is 20.2. The number of aromatic nitrogens is 4. The van der Waals surface area contributed by atoms with Crippen molar-refractivity contribution >= 4 is 33.9 Å². The topological polar surface area (TPSA) is 123 Å². The zero-order valence-corrected chi connectivity index (χ0v) is 32.9. The maximum atomic E-state index is 12.8. The summed E-state index contributed by atoms with van der Waals surface area (Å²) >= 11 is 0. The molecule has 1 atom stereocenters. The van der Waals surface area contributed by atoms with E-state index >= 15 is 0 Å². The second kappa shape index (κ2) is 16.3. The number of amides is 1. The molecule has 0 radical (unpaired) electrons. The van der Waals surface area contributed by atoms with E-state index in [4.69, 9.17) is 14.8 Å². The third-order valence-electron chi connectivity index (χ3n) is 12.3. The molecule has 1 amide bonds. The number of hydrogen-bond donors (Lipinski definition) is 2. The van der Waals surface area contributed by atoms with Gasteiger partial charge in [0.2, 0.25) is 0 Å². The van der Waals surface area contributed by atoms with Crippen LogP contribution >= 0.6 is 0 Å². The van der Waals surface area contributed by atoms with Crippen LogP contribution in [-0.2, 0) is 28.8 Å². The van der Waals surface area contributed by atoms with Gasteiger partial charge in [0.15, 0.2) is 0 Å². The van der Waals surface area contributed by atoms with Gasteiger partial charge in [-0.1, -0.05) is 80.1 Å². The highest BCUT2D eigenvalue weighted by Gasteiger charge is 2.31. The zero-order chi connectivity index (χ0) is 37.9. The summed E-state index contributed by atoms with van der Waals surface area (Å²) in [6, 6.07) is 11.1. The van der Waals surface area contributed by atoms with E-state index in [1.807, 2.05) is 24.3 Å². The summed E-state index contributed by atoms with van der Waals surface area (Å²) < 4.78 is 4.76. The van der Waals surface area contributed by atoms with Crippen molar-refractivity contribution in [3.8, 4) is 0 Å². The molecule has 1 saturated heterocycles. The maximum absolute atomic E-state index is 12.8. The fourth-order valence-corrected chi connectivity index (χ4v) is 8.26. The Hall–Kier alpha value is -3.76. The molecule has 7 rings (SSSR count). The van der Waals surface area contributed by atoms with Gasteiger partial charge in [-0.05, 0) is 86.8 Å². The highest BCUT2D eigenvalue weighted by atomic mass is 16.7. The monoisotopic (exact) mass is 727 g/mol. The van der Waals surface area contributed by atoms with Crippen molar-refractivity contribution in [1.82, 2.24) is 24.2 Å². The maximum Gasteiger partial charge on any atom is 0.335 e. The molecular weight excluding hydrogens is 667 g/mol. The Morgan fingerprint density at radius 3 is 1.60 bits per heavy atom. The number of carbonyl (C=O) groups is 2. The third kappa shape index (κ3) is 8.64. The van der Waals surface area contributed by atoms with Crippen molar-refractivity contribution in [2.45, 2.75) is 149 Å². The summed E-state index contributed by atoms with van der Waals surface area (Å²) in [5.41, 5.74) is 4.66. The fourth-order valence-electron chi connectivity index (χ4n) is 8.26. The lowest BCUT2D eigenvalue weighted by atomic mass is 9.87. The van der Waals surface area contributed by atoms with Crippen LogP contribution in [0.15, 0.2) is 36.4 Å². The van der Waals surface area contributed by atoms with Crippen molar-refractivity contribution < 1.29 is 24.6 Å². The van der Waals surface area contributed by atoms with Crippen LogP contribution in [0, 0.1) is 11.8 Å². The standard InChI is InChI=1S/C23H33N3O3.C20H28N2O2/c1-4-23(2,3)22-24-19-12-17(21(28)26-14-18(27)15-29-26)10-11-20(19)25(22)13-16-8-6-5-7-9-16;1-4-20(2,3)19-21-16-12-15(18(23)24)10-11-17(16)22(19)13-14-8-6-5-7-9-14/h10-12,16,18,27H,4-9,13-15H2,1-3H3;10-12,14H,4-9,13H2,1-3H3,(H,23,24)/t18-;/m0./s1. The van der Waals surface area contributed by atoms with Crippen LogP contribution in [0.1, 0.15) is 151 Å². The van der Waals surface area contributed by atoms with Crippen molar-refractivity contribution in [3.05, 3.63) is 59.2 Å². The van der Waals surface area contributed by atoms with Gasteiger partial charge < -0.3 is 19.3 Å². The molecule has 2 aliphatic carbocycles. The van der Waals surface area contributed by atoms with Crippen LogP contribution in [0.3, 0.4) is 0 Å². The number of β-amino-alcohol motifs (C(OH)–C–C–N with tert-alkyl or cyclic N) is 1. The Morgan fingerprint density at radius 2 is 1.19 bits per heavy atom. The van der Waals surface area contributed by atoms with Gasteiger partial charge in [-0.3, -0.25) is 9.63 Å². The largest absolute Gasteiger partial charge is 0.478 e. The molecule has 3 fully saturated rings. The summed E-state index contributed by atoms with van der Waals surface area (Å²) in [5.74, 6) is 2.50. The number of aromatic carboxylic acids is 1. The van der Waals surface area contributed by atoms with Crippen molar-refractivity contribution in [2.75, 3.05) is 13.2 Å². The SMILES string of the molecule is CCC(C)(C)c1nc2cc(C(=O)N3C[C@H](O)CO3)ccc2n1CC1CCCCC1.CCC(C)(C)c1nc2cc(C(=O)O)ccc2n1CC1CCCCC1. The van der Waals surface area contributed by atoms with E-state index < -0.39 is 12.1 Å². The number of aliphatic hydroxyl groups excluding tert-OH is 1. The number of benzene rings is 2. The number of carboxylic acid groups (broad SMARTS) is 1. The number of carbonyl (C=O) groups excluding carboxylic acids is 1. The van der Waals surface area contributed by atoms with Gasteiger partial charge in [0.05, 0.1) is 34.2 Å². The lowest BCUT2D eigenvalue weighted by Crippen LogP contribution is -2.28. The summed E-state index contributed by atoms with van der Waals surface area (Å²) in [7, 11) is 0. The summed E-state index contributed by atoms with van der Waals surface area (Å²) in [4.78, 5) is 39.2. The predicted octanol–water partition coefficient (Wildman–Crippen LogP) is 9.05. The van der Waals surface area contributed by atoms with E-state index in [0.29, 0.717) is 23.0 Å². The number of carboxylic acids is 1. The van der Waals surface area contributed by atoms with E-state index in [2.05, 4.69) is 50.7 Å². The van der Waals surface area contributed by atoms with Gasteiger partial charge in [-0.2, -0.15) is 0 Å². The first-order valence-corrected chi connectivity index (χ1v) is 20.2. The predicted molar refractivity (Wildman–Crippen MR) is 209 cm³/mol. The normalized spacial score (nSPS) is 19.2. The average Bonchev–Trinajstić information content (AvgIpc) is 3.87. The van der Waals surface area contributed by atoms with E-state index in [1.54, 1.807) is 12.1 Å². The molecule has 0 bridgehead atoms. The minimum atomic E-state index is -0.893. The quantitative estimate of drug-likeness (QED) is 0.167. The minimum Gasteiger partial charge on any atom is -0.478 e. The lowest BCUT2D eigenvalue weighted by Gasteiger charge is -2.27. The molecule has 4 aromatic rings. The second-order valence-corrected chi connectivity index (χ2v) is 17.1. The summed E-state index contributed by atoms with van der Waals surface area (Å²) in [6.45, 7) is 15.7. The van der Waals surface area contributed by atoms with E-state index in [0.717, 1.165) is 59.6 Å². The van der Waals surface area contributed by atoms with Crippen molar-refractivity contribution in [1.29, 1.82) is 0 Å². The molecule has 2 saturated carbocycles. The fraction of sp³-hybridized carbons (Fsp3) is 0.628. The molecule has 10 heteroatoms. The highest BCUT2D eigenvalue weighted by Crippen LogP contribution is 2.35. The zero-order valence-electron chi connectivity index (χ0n) is 32.9. The van der Waals surface area contributed by atoms with Crippen LogP contribution in [0.2, 0.25) is 0 Å². The Labute approximate surface area is 314 Å². The van der Waals surface area contributed by atoms with Gasteiger partial charge in [0.25, 0.3) is 5.91 Å². The molecule has 53 heavy (non-hydrogen) atoms. The van der Waals surface area contributed by atoms with Gasteiger partial charge in [0.1, 0.15) is 24.4 Å². The minimum absolute atomic E-state index is 0.0168. The number of aliphatic hydroxyl groups is 1. The van der Waals surface area contributed by atoms with Crippen LogP contribution < -0.4 is 0 Å². The Balaban J connectivity index is 0.000000185. The molecule has 1 aliphatic heterocycles. The highest BCUT2D eigenvalue weighted by molar-refractivity contribution is 5.97. The first kappa shape index (κ1) is 38.9. The number of hydroxylamine groups is 2. The molecule has 2 aromatic heterocycles. The van der Waals surface area contributed by atoms with Gasteiger partial charge in [-0.25, -0.2) is 19.8 Å². The van der Waals surface area contributed by atoms with Crippen LogP contribution in [0.25, 0.3) is 22.1 Å². The Morgan fingerprint density at radius 1 is 0.736 bits per heavy atom. The number of imidazole rings is 2.